The van der Waals surface area contributed by atoms with E-state index in [0.717, 1.165) is 10.0 Å². The molecule has 0 fully saturated rings. The van der Waals surface area contributed by atoms with E-state index in [4.69, 9.17) is 11.6 Å². The van der Waals surface area contributed by atoms with Crippen molar-refractivity contribution < 1.29 is 4.79 Å². The summed E-state index contributed by atoms with van der Waals surface area (Å²) < 4.78 is 1.02. The Morgan fingerprint density at radius 1 is 1.29 bits per heavy atom. The third-order valence-corrected chi connectivity index (χ3v) is 2.37. The summed E-state index contributed by atoms with van der Waals surface area (Å²) in [6.07, 6.45) is 6.56. The van der Waals surface area contributed by atoms with E-state index in [2.05, 4.69) is 15.9 Å². The van der Waals surface area contributed by atoms with Gasteiger partial charge in [-0.1, -0.05) is 52.4 Å². The summed E-state index contributed by atoms with van der Waals surface area (Å²) in [5.74, 6) is 0. The van der Waals surface area contributed by atoms with Gasteiger partial charge in [-0.15, -0.1) is 0 Å². The van der Waals surface area contributed by atoms with E-state index in [1.807, 2.05) is 30.3 Å². The fraction of sp³-hybridized carbons (Fsp3) is 0. The van der Waals surface area contributed by atoms with Crippen LogP contribution in [0.5, 0.6) is 0 Å². The van der Waals surface area contributed by atoms with Crippen LogP contribution in [0, 0.1) is 0 Å². The SMILES string of the molecule is O=C(Cl)/C=C/C=C/c1ccccc1Br. The molecule has 0 atom stereocenters. The van der Waals surface area contributed by atoms with Crippen molar-refractivity contribution in [1.82, 2.24) is 0 Å². The van der Waals surface area contributed by atoms with Crippen LogP contribution in [0.4, 0.5) is 0 Å². The standard InChI is InChI=1S/C11H8BrClO/c12-10-7-3-1-5-9(10)6-2-4-8-11(13)14/h1-8H/b6-2+,8-4+. The molecule has 0 heterocycles. The highest BCUT2D eigenvalue weighted by atomic mass is 79.9. The minimum Gasteiger partial charge on any atom is -0.276 e. The number of allylic oxidation sites excluding steroid dienone is 3. The lowest BCUT2D eigenvalue weighted by Crippen LogP contribution is -1.74. The van der Waals surface area contributed by atoms with Crippen LogP contribution in [0.2, 0.25) is 0 Å². The summed E-state index contributed by atoms with van der Waals surface area (Å²) in [6.45, 7) is 0. The van der Waals surface area contributed by atoms with E-state index in [-0.39, 0.29) is 0 Å². The van der Waals surface area contributed by atoms with Gasteiger partial charge in [-0.05, 0) is 29.3 Å². The van der Waals surface area contributed by atoms with Crippen molar-refractivity contribution in [3.8, 4) is 0 Å². The Balaban J connectivity index is 2.69. The van der Waals surface area contributed by atoms with Gasteiger partial charge >= 0.3 is 0 Å². The summed E-state index contributed by atoms with van der Waals surface area (Å²) in [6, 6.07) is 7.81. The van der Waals surface area contributed by atoms with Gasteiger partial charge in [-0.3, -0.25) is 4.79 Å². The Morgan fingerprint density at radius 2 is 2.00 bits per heavy atom. The summed E-state index contributed by atoms with van der Waals surface area (Å²) in [4.78, 5) is 10.4. The first-order valence-corrected chi connectivity index (χ1v) is 5.16. The van der Waals surface area contributed by atoms with Crippen LogP contribution in [-0.2, 0) is 4.79 Å². The molecular formula is C11H8BrClO. The highest BCUT2D eigenvalue weighted by molar-refractivity contribution is 9.10. The van der Waals surface area contributed by atoms with Crippen LogP contribution < -0.4 is 0 Å². The van der Waals surface area contributed by atoms with Gasteiger partial charge in [0.1, 0.15) is 0 Å². The lowest BCUT2D eigenvalue weighted by atomic mass is 10.2. The average molecular weight is 272 g/mol. The number of hydrogen-bond donors (Lipinski definition) is 0. The monoisotopic (exact) mass is 270 g/mol. The first-order valence-electron chi connectivity index (χ1n) is 3.99. The van der Waals surface area contributed by atoms with Gasteiger partial charge in [0.2, 0.25) is 5.24 Å². The summed E-state index contributed by atoms with van der Waals surface area (Å²) in [5.41, 5.74) is 1.05. The Labute approximate surface area is 96.2 Å². The predicted octanol–water partition coefficient (Wildman–Crippen LogP) is 3.78. The second kappa shape index (κ2) is 5.78. The number of halogens is 2. The molecule has 3 heteroatoms. The van der Waals surface area contributed by atoms with Gasteiger partial charge in [0.25, 0.3) is 0 Å². The summed E-state index contributed by atoms with van der Waals surface area (Å²) in [5, 5.41) is -0.471. The van der Waals surface area contributed by atoms with Gasteiger partial charge in [-0.25, -0.2) is 0 Å². The third kappa shape index (κ3) is 3.90. The zero-order chi connectivity index (χ0) is 10.4. The largest absolute Gasteiger partial charge is 0.276 e. The molecule has 1 aromatic carbocycles. The van der Waals surface area contributed by atoms with Crippen LogP contribution >= 0.6 is 27.5 Å². The van der Waals surface area contributed by atoms with E-state index in [1.54, 1.807) is 12.2 Å². The molecule has 0 unspecified atom stereocenters. The summed E-state index contributed by atoms with van der Waals surface area (Å²) >= 11 is 8.53. The van der Waals surface area contributed by atoms with Crippen molar-refractivity contribution in [2.45, 2.75) is 0 Å². The quantitative estimate of drug-likeness (QED) is 0.464. The Morgan fingerprint density at radius 3 is 2.64 bits per heavy atom. The third-order valence-electron chi connectivity index (χ3n) is 1.52. The van der Waals surface area contributed by atoms with E-state index in [0.29, 0.717) is 0 Å². The Kier molecular flexibility index (Phi) is 4.63. The molecule has 0 aliphatic carbocycles. The second-order valence-electron chi connectivity index (χ2n) is 2.54. The first kappa shape index (κ1) is 11.2. The molecule has 1 nitrogen and oxygen atoms in total. The molecule has 1 aromatic rings. The summed E-state index contributed by atoms with van der Waals surface area (Å²) in [7, 11) is 0. The lowest BCUT2D eigenvalue weighted by Gasteiger charge is -1.94. The lowest BCUT2D eigenvalue weighted by molar-refractivity contribution is -0.107. The minimum absolute atomic E-state index is 0.471. The van der Waals surface area contributed by atoms with E-state index in [9.17, 15) is 4.79 Å². The molecule has 0 N–H and O–H groups in total. The molecule has 0 saturated heterocycles. The fourth-order valence-electron chi connectivity index (χ4n) is 0.901. The molecule has 0 bridgehead atoms. The molecule has 0 spiro atoms. The average Bonchev–Trinajstić information content (AvgIpc) is 2.15. The van der Waals surface area contributed by atoms with E-state index >= 15 is 0 Å². The minimum atomic E-state index is -0.471. The van der Waals surface area contributed by atoms with Crippen LogP contribution in [0.1, 0.15) is 5.56 Å². The maximum Gasteiger partial charge on any atom is 0.245 e. The molecule has 0 radical (unpaired) electrons. The van der Waals surface area contributed by atoms with E-state index in [1.165, 1.54) is 6.08 Å². The normalized spacial score (nSPS) is 11.3. The number of carbonyl (C=O) groups is 1. The first-order chi connectivity index (χ1) is 6.70. The molecule has 0 aliphatic heterocycles. The smallest absolute Gasteiger partial charge is 0.245 e. The molecule has 72 valence electrons. The maximum absolute atomic E-state index is 10.4. The van der Waals surface area contributed by atoms with Gasteiger partial charge in [-0.2, -0.15) is 0 Å². The Bertz CT molecular complexity index is 383. The van der Waals surface area contributed by atoms with Gasteiger partial charge < -0.3 is 0 Å². The topological polar surface area (TPSA) is 17.1 Å². The van der Waals surface area contributed by atoms with Gasteiger partial charge in [0.05, 0.1) is 0 Å². The molecule has 14 heavy (non-hydrogen) atoms. The van der Waals surface area contributed by atoms with Crippen molar-refractivity contribution in [3.63, 3.8) is 0 Å². The molecule has 1 rings (SSSR count). The van der Waals surface area contributed by atoms with E-state index < -0.39 is 5.24 Å². The Hall–Kier alpha value is -0.860. The van der Waals surface area contributed by atoms with Crippen molar-refractivity contribution >= 4 is 38.8 Å². The molecule has 0 amide bonds. The van der Waals surface area contributed by atoms with Crippen molar-refractivity contribution in [3.05, 3.63) is 52.5 Å². The maximum atomic E-state index is 10.4. The van der Waals surface area contributed by atoms with Gasteiger partial charge in [0.15, 0.2) is 0 Å². The van der Waals surface area contributed by atoms with Crippen molar-refractivity contribution in [2.75, 3.05) is 0 Å². The zero-order valence-corrected chi connectivity index (χ0v) is 9.62. The van der Waals surface area contributed by atoms with Crippen LogP contribution in [0.15, 0.2) is 47.0 Å². The van der Waals surface area contributed by atoms with Crippen molar-refractivity contribution in [1.29, 1.82) is 0 Å². The number of benzene rings is 1. The zero-order valence-electron chi connectivity index (χ0n) is 7.28. The molecule has 0 saturated carbocycles. The molecular weight excluding hydrogens is 263 g/mol. The second-order valence-corrected chi connectivity index (χ2v) is 3.77. The highest BCUT2D eigenvalue weighted by Crippen LogP contribution is 2.16. The number of rotatable bonds is 3. The van der Waals surface area contributed by atoms with Crippen molar-refractivity contribution in [2.24, 2.45) is 0 Å². The number of carbonyl (C=O) groups excluding carboxylic acids is 1. The van der Waals surface area contributed by atoms with Crippen LogP contribution in [-0.4, -0.2) is 5.24 Å². The fourth-order valence-corrected chi connectivity index (χ4v) is 1.39. The number of hydrogen-bond acceptors (Lipinski definition) is 1. The van der Waals surface area contributed by atoms with Crippen LogP contribution in [0.3, 0.4) is 0 Å². The molecule has 0 aromatic heterocycles. The van der Waals surface area contributed by atoms with Gasteiger partial charge in [0, 0.05) is 4.47 Å². The predicted molar refractivity (Wildman–Crippen MR) is 63.2 cm³/mol. The molecule has 0 aliphatic rings. The highest BCUT2D eigenvalue weighted by Gasteiger charge is 1.90. The van der Waals surface area contributed by atoms with Crippen LogP contribution in [0.25, 0.3) is 6.08 Å².